The second kappa shape index (κ2) is 6.57. The van der Waals surface area contributed by atoms with Gasteiger partial charge in [-0.05, 0) is 29.3 Å². The summed E-state index contributed by atoms with van der Waals surface area (Å²) < 4.78 is 5.80. The van der Waals surface area contributed by atoms with Crippen LogP contribution in [0, 0.1) is 0 Å². The third kappa shape index (κ3) is 3.21. The number of hydrogen-bond donors (Lipinski definition) is 2. The number of rotatable bonds is 2. The summed E-state index contributed by atoms with van der Waals surface area (Å²) in [6, 6.07) is 13.6. The number of nitrogens with zero attached hydrogens (tertiary/aromatic N) is 1. The molecule has 1 saturated heterocycles. The second-order valence-corrected chi connectivity index (χ2v) is 6.15. The number of nitrogens with one attached hydrogen (secondary N) is 2. The summed E-state index contributed by atoms with van der Waals surface area (Å²) in [6.45, 7) is 2.73. The van der Waals surface area contributed by atoms with Gasteiger partial charge in [-0.25, -0.2) is 4.79 Å². The fourth-order valence-electron chi connectivity index (χ4n) is 3.12. The van der Waals surface area contributed by atoms with Crippen molar-refractivity contribution in [1.82, 2.24) is 10.6 Å². The molecule has 0 atom stereocenters. The molecule has 6 nitrogen and oxygen atoms in total. The summed E-state index contributed by atoms with van der Waals surface area (Å²) >= 11 is 0. The number of urea groups is 1. The van der Waals surface area contributed by atoms with Crippen molar-refractivity contribution in [2.75, 3.05) is 24.6 Å². The zero-order valence-electron chi connectivity index (χ0n) is 13.7. The Balaban J connectivity index is 1.57. The molecule has 2 aromatic carbocycles. The normalized spacial score (nSPS) is 17.4. The first kappa shape index (κ1) is 15.7. The van der Waals surface area contributed by atoms with Crippen LogP contribution in [0.25, 0.3) is 11.1 Å². The van der Waals surface area contributed by atoms with Crippen molar-refractivity contribution in [2.24, 2.45) is 0 Å². The Morgan fingerprint density at radius 2 is 1.80 bits per heavy atom. The monoisotopic (exact) mass is 337 g/mol. The summed E-state index contributed by atoms with van der Waals surface area (Å²) in [6.07, 6.45) is 0.323. The van der Waals surface area contributed by atoms with Crippen LogP contribution in [0.5, 0.6) is 5.75 Å². The Morgan fingerprint density at radius 3 is 2.60 bits per heavy atom. The molecule has 2 aromatic rings. The Labute approximate surface area is 145 Å². The van der Waals surface area contributed by atoms with Crippen LogP contribution in [-0.2, 0) is 11.3 Å². The molecule has 0 saturated carbocycles. The lowest BCUT2D eigenvalue weighted by molar-refractivity contribution is -0.120. The van der Waals surface area contributed by atoms with Gasteiger partial charge in [-0.3, -0.25) is 15.0 Å². The Bertz CT molecular complexity index is 817. The van der Waals surface area contributed by atoms with E-state index in [0.717, 1.165) is 41.2 Å². The Hall–Kier alpha value is -2.86. The van der Waals surface area contributed by atoms with E-state index in [-0.39, 0.29) is 11.9 Å². The van der Waals surface area contributed by atoms with E-state index in [0.29, 0.717) is 19.6 Å². The van der Waals surface area contributed by atoms with E-state index in [1.54, 1.807) is 4.90 Å². The Morgan fingerprint density at radius 1 is 1.00 bits per heavy atom. The molecule has 6 heteroatoms. The molecule has 0 aliphatic carbocycles. The molecule has 3 amide bonds. The van der Waals surface area contributed by atoms with E-state index in [4.69, 9.17) is 4.74 Å². The van der Waals surface area contributed by atoms with Gasteiger partial charge in [0, 0.05) is 37.3 Å². The lowest BCUT2D eigenvalue weighted by atomic mass is 10.0. The van der Waals surface area contributed by atoms with Crippen LogP contribution in [0.1, 0.15) is 12.0 Å². The van der Waals surface area contributed by atoms with Gasteiger partial charge < -0.3 is 10.1 Å². The third-order valence-electron chi connectivity index (χ3n) is 4.49. The molecule has 0 bridgehead atoms. The number of fused-ring (bicyclic) bond motifs is 1. The predicted molar refractivity (Wildman–Crippen MR) is 94.6 cm³/mol. The van der Waals surface area contributed by atoms with Gasteiger partial charge in [-0.15, -0.1) is 0 Å². The van der Waals surface area contributed by atoms with E-state index in [9.17, 15) is 9.59 Å². The van der Waals surface area contributed by atoms with E-state index in [1.165, 1.54) is 0 Å². The molecule has 2 aliphatic heterocycles. The second-order valence-electron chi connectivity index (χ2n) is 6.15. The van der Waals surface area contributed by atoms with Crippen LogP contribution in [0.15, 0.2) is 42.5 Å². The first-order valence-electron chi connectivity index (χ1n) is 8.39. The van der Waals surface area contributed by atoms with Crippen LogP contribution in [0.2, 0.25) is 0 Å². The molecule has 0 radical (unpaired) electrons. The van der Waals surface area contributed by atoms with Crippen molar-refractivity contribution < 1.29 is 14.3 Å². The van der Waals surface area contributed by atoms with Gasteiger partial charge in [-0.2, -0.15) is 0 Å². The minimum Gasteiger partial charge on any atom is -0.492 e. The van der Waals surface area contributed by atoms with E-state index >= 15 is 0 Å². The number of carbonyl (C=O) groups excluding carboxylic acids is 2. The van der Waals surface area contributed by atoms with E-state index in [2.05, 4.69) is 28.8 Å². The molecule has 0 unspecified atom stereocenters. The highest BCUT2D eigenvalue weighted by atomic mass is 16.5. The maximum atomic E-state index is 11.9. The number of benzene rings is 2. The SMILES string of the molecule is O=C1CCN(c2ccc(-c3ccc4c(c3)OCCNC4)cc2)C(=O)N1. The molecule has 4 rings (SSSR count). The van der Waals surface area contributed by atoms with Crippen molar-refractivity contribution in [2.45, 2.75) is 13.0 Å². The number of ether oxygens (including phenoxy) is 1. The van der Waals surface area contributed by atoms with Gasteiger partial charge in [0.1, 0.15) is 12.4 Å². The minimum absolute atomic E-state index is 0.225. The van der Waals surface area contributed by atoms with E-state index in [1.807, 2.05) is 24.3 Å². The molecule has 1 fully saturated rings. The first-order valence-corrected chi connectivity index (χ1v) is 8.39. The summed E-state index contributed by atoms with van der Waals surface area (Å²) in [5, 5.41) is 5.66. The van der Waals surface area contributed by atoms with Gasteiger partial charge in [0.15, 0.2) is 0 Å². The average Bonchev–Trinajstić information content (AvgIpc) is 2.87. The molecule has 0 aromatic heterocycles. The molecular weight excluding hydrogens is 318 g/mol. The van der Waals surface area contributed by atoms with Gasteiger partial charge in [0.05, 0.1) is 0 Å². The van der Waals surface area contributed by atoms with Crippen molar-refractivity contribution in [1.29, 1.82) is 0 Å². The van der Waals surface area contributed by atoms with Crippen molar-refractivity contribution >= 4 is 17.6 Å². The number of hydrogen-bond acceptors (Lipinski definition) is 4. The van der Waals surface area contributed by atoms with Gasteiger partial charge in [0.25, 0.3) is 0 Å². The first-order chi connectivity index (χ1) is 12.2. The predicted octanol–water partition coefficient (Wildman–Crippen LogP) is 2.28. The summed E-state index contributed by atoms with van der Waals surface area (Å²) in [5.74, 6) is 0.692. The number of imide groups is 1. The molecule has 0 spiro atoms. The van der Waals surface area contributed by atoms with E-state index < -0.39 is 0 Å². The zero-order chi connectivity index (χ0) is 17.2. The molecule has 2 aliphatic rings. The molecule has 128 valence electrons. The standard InChI is InChI=1S/C19H19N3O3/c23-18-7-9-22(19(24)21-18)16-5-3-13(4-6-16)14-1-2-15-12-20-8-10-25-17(15)11-14/h1-6,11,20H,7-10,12H2,(H,21,23,24). The maximum absolute atomic E-state index is 11.9. The summed E-state index contributed by atoms with van der Waals surface area (Å²) in [4.78, 5) is 24.8. The van der Waals surface area contributed by atoms with Crippen molar-refractivity contribution in [3.8, 4) is 16.9 Å². The third-order valence-corrected chi connectivity index (χ3v) is 4.49. The van der Waals surface area contributed by atoms with Crippen LogP contribution in [0.4, 0.5) is 10.5 Å². The van der Waals surface area contributed by atoms with Crippen LogP contribution >= 0.6 is 0 Å². The Kier molecular flexibility index (Phi) is 4.11. The topological polar surface area (TPSA) is 70.7 Å². The highest BCUT2D eigenvalue weighted by Gasteiger charge is 2.24. The lowest BCUT2D eigenvalue weighted by Gasteiger charge is -2.26. The number of carbonyl (C=O) groups is 2. The van der Waals surface area contributed by atoms with Crippen LogP contribution in [-0.4, -0.2) is 31.6 Å². The minimum atomic E-state index is -0.366. The highest BCUT2D eigenvalue weighted by Crippen LogP contribution is 2.30. The summed E-state index contributed by atoms with van der Waals surface area (Å²) in [5.41, 5.74) is 4.07. The van der Waals surface area contributed by atoms with Crippen LogP contribution < -0.4 is 20.3 Å². The zero-order valence-corrected chi connectivity index (χ0v) is 13.7. The van der Waals surface area contributed by atoms with Gasteiger partial charge in [0.2, 0.25) is 5.91 Å². The van der Waals surface area contributed by atoms with Crippen molar-refractivity contribution in [3.05, 3.63) is 48.0 Å². The summed E-state index contributed by atoms with van der Waals surface area (Å²) in [7, 11) is 0. The smallest absolute Gasteiger partial charge is 0.328 e. The quantitative estimate of drug-likeness (QED) is 0.882. The van der Waals surface area contributed by atoms with Gasteiger partial charge in [-0.1, -0.05) is 24.3 Å². The number of amides is 3. The molecule has 2 N–H and O–H groups in total. The lowest BCUT2D eigenvalue weighted by Crippen LogP contribution is -2.49. The highest BCUT2D eigenvalue weighted by molar-refractivity contribution is 6.05. The van der Waals surface area contributed by atoms with Crippen LogP contribution in [0.3, 0.4) is 0 Å². The molecule has 2 heterocycles. The molecular formula is C19H19N3O3. The fraction of sp³-hybridized carbons (Fsp3) is 0.263. The van der Waals surface area contributed by atoms with Crippen molar-refractivity contribution in [3.63, 3.8) is 0 Å². The number of anilines is 1. The fourth-order valence-corrected chi connectivity index (χ4v) is 3.12. The largest absolute Gasteiger partial charge is 0.492 e. The maximum Gasteiger partial charge on any atom is 0.328 e. The molecule has 25 heavy (non-hydrogen) atoms. The van der Waals surface area contributed by atoms with Gasteiger partial charge >= 0.3 is 6.03 Å². The average molecular weight is 337 g/mol.